The van der Waals surface area contributed by atoms with Gasteiger partial charge in [-0.2, -0.15) is 0 Å². The van der Waals surface area contributed by atoms with Crippen molar-refractivity contribution in [3.05, 3.63) is 41.5 Å². The van der Waals surface area contributed by atoms with Crippen LogP contribution in [0.25, 0.3) is 0 Å². The molecular formula is C24H39IN6O2. The van der Waals surface area contributed by atoms with Gasteiger partial charge < -0.3 is 24.7 Å². The lowest BCUT2D eigenvalue weighted by atomic mass is 10.2. The Balaban J connectivity index is 0.00000385. The van der Waals surface area contributed by atoms with Crippen LogP contribution in [0.15, 0.2) is 29.3 Å². The summed E-state index contributed by atoms with van der Waals surface area (Å²) in [6.45, 7) is 6.86. The Kier molecular flexibility index (Phi) is 13.2. The molecule has 2 heterocycles. The van der Waals surface area contributed by atoms with Crippen LogP contribution in [0.3, 0.4) is 0 Å². The average Bonchev–Trinajstić information content (AvgIpc) is 3.05. The van der Waals surface area contributed by atoms with Crippen molar-refractivity contribution in [3.63, 3.8) is 0 Å². The van der Waals surface area contributed by atoms with E-state index in [0.29, 0.717) is 6.54 Å². The van der Waals surface area contributed by atoms with Gasteiger partial charge in [0.15, 0.2) is 5.96 Å². The monoisotopic (exact) mass is 570 g/mol. The van der Waals surface area contributed by atoms with E-state index in [1.54, 1.807) is 7.11 Å². The van der Waals surface area contributed by atoms with E-state index < -0.39 is 0 Å². The Morgan fingerprint density at radius 3 is 2.61 bits per heavy atom. The summed E-state index contributed by atoms with van der Waals surface area (Å²) >= 11 is 0. The number of aryl methyl sites for hydroxylation is 2. The van der Waals surface area contributed by atoms with E-state index in [-0.39, 0.29) is 24.0 Å². The number of ether oxygens (including phenoxy) is 2. The van der Waals surface area contributed by atoms with Gasteiger partial charge in [-0.25, -0.2) is 4.99 Å². The highest BCUT2D eigenvalue weighted by Crippen LogP contribution is 2.15. The molecule has 0 saturated carbocycles. The van der Waals surface area contributed by atoms with Crippen LogP contribution in [-0.4, -0.2) is 54.1 Å². The third-order valence-corrected chi connectivity index (χ3v) is 5.60. The number of guanidine groups is 1. The summed E-state index contributed by atoms with van der Waals surface area (Å²) in [6, 6.07) is 8.03. The van der Waals surface area contributed by atoms with E-state index in [1.165, 1.54) is 19.3 Å². The Hall–Kier alpha value is -1.88. The molecule has 8 nitrogen and oxygen atoms in total. The zero-order chi connectivity index (χ0) is 22.4. The van der Waals surface area contributed by atoms with Crippen molar-refractivity contribution in [3.8, 4) is 5.75 Å². The third-order valence-electron chi connectivity index (χ3n) is 5.60. The van der Waals surface area contributed by atoms with Crippen molar-refractivity contribution < 1.29 is 9.47 Å². The van der Waals surface area contributed by atoms with E-state index in [4.69, 9.17) is 14.5 Å². The van der Waals surface area contributed by atoms with Gasteiger partial charge in [0, 0.05) is 45.7 Å². The van der Waals surface area contributed by atoms with Crippen molar-refractivity contribution >= 4 is 29.9 Å². The number of methoxy groups -OCH3 is 1. The molecule has 184 valence electrons. The average molecular weight is 571 g/mol. The molecule has 1 aromatic carbocycles. The van der Waals surface area contributed by atoms with Gasteiger partial charge in [-0.05, 0) is 50.3 Å². The molecule has 2 N–H and O–H groups in total. The van der Waals surface area contributed by atoms with Crippen LogP contribution in [0.1, 0.15) is 56.2 Å². The first-order chi connectivity index (χ1) is 15.8. The Morgan fingerprint density at radius 1 is 1.06 bits per heavy atom. The van der Waals surface area contributed by atoms with Crippen LogP contribution in [0, 0.1) is 0 Å². The molecular weight excluding hydrogens is 531 g/mol. The quantitative estimate of drug-likeness (QED) is 0.175. The molecule has 0 saturated heterocycles. The van der Waals surface area contributed by atoms with Gasteiger partial charge in [0.1, 0.15) is 17.4 Å². The van der Waals surface area contributed by atoms with Gasteiger partial charge in [-0.1, -0.05) is 18.6 Å². The van der Waals surface area contributed by atoms with Gasteiger partial charge in [-0.15, -0.1) is 34.2 Å². The molecule has 1 aliphatic heterocycles. The number of aromatic nitrogens is 3. The predicted molar refractivity (Wildman–Crippen MR) is 143 cm³/mol. The minimum Gasteiger partial charge on any atom is -0.497 e. The lowest BCUT2D eigenvalue weighted by molar-refractivity contribution is 0.145. The standard InChI is InChI=1S/C24H38N6O2.HI/c1-3-32-18-8-16-26-24(27-19-20-11-13-21(31-2)14-12-20)25-15-7-10-23-29-28-22-9-5-4-6-17-30(22)23;/h11-14H,3-10,15-19H2,1-2H3,(H2,25,26,27);1H. The number of rotatable bonds is 12. The lowest BCUT2D eigenvalue weighted by Gasteiger charge is -2.13. The zero-order valence-corrected chi connectivity index (χ0v) is 22.3. The molecule has 1 aliphatic rings. The Bertz CT molecular complexity index is 825. The first kappa shape index (κ1) is 27.4. The van der Waals surface area contributed by atoms with Crippen molar-refractivity contribution in [2.75, 3.05) is 33.4 Å². The maximum atomic E-state index is 5.43. The maximum Gasteiger partial charge on any atom is 0.191 e. The SMILES string of the molecule is CCOCCCNC(=NCc1ccc(OC)cc1)NCCCc1nnc2n1CCCCC2.I. The van der Waals surface area contributed by atoms with E-state index >= 15 is 0 Å². The fourth-order valence-corrected chi connectivity index (χ4v) is 3.78. The minimum absolute atomic E-state index is 0. The minimum atomic E-state index is 0. The largest absolute Gasteiger partial charge is 0.497 e. The molecule has 0 unspecified atom stereocenters. The number of fused-ring (bicyclic) bond motifs is 1. The summed E-state index contributed by atoms with van der Waals surface area (Å²) in [5, 5.41) is 15.7. The normalized spacial score (nSPS) is 13.6. The fourth-order valence-electron chi connectivity index (χ4n) is 3.78. The number of nitrogens with one attached hydrogen (secondary N) is 2. The predicted octanol–water partition coefficient (Wildman–Crippen LogP) is 3.73. The van der Waals surface area contributed by atoms with E-state index in [0.717, 1.165) is 87.5 Å². The van der Waals surface area contributed by atoms with E-state index in [9.17, 15) is 0 Å². The van der Waals surface area contributed by atoms with Gasteiger partial charge in [0.25, 0.3) is 0 Å². The molecule has 0 spiro atoms. The highest BCUT2D eigenvalue weighted by atomic mass is 127. The summed E-state index contributed by atoms with van der Waals surface area (Å²) in [7, 11) is 1.68. The Labute approximate surface area is 215 Å². The molecule has 2 aromatic rings. The fraction of sp³-hybridized carbons (Fsp3) is 0.625. The Morgan fingerprint density at radius 2 is 1.85 bits per heavy atom. The number of hydrogen-bond acceptors (Lipinski definition) is 5. The van der Waals surface area contributed by atoms with Crippen LogP contribution in [-0.2, 0) is 30.7 Å². The van der Waals surface area contributed by atoms with Crippen molar-refractivity contribution in [2.45, 2.75) is 65.0 Å². The molecule has 0 atom stereocenters. The molecule has 33 heavy (non-hydrogen) atoms. The van der Waals surface area contributed by atoms with Crippen LogP contribution in [0.2, 0.25) is 0 Å². The second-order valence-corrected chi connectivity index (χ2v) is 8.02. The number of nitrogens with zero attached hydrogens (tertiary/aromatic N) is 4. The van der Waals surface area contributed by atoms with Gasteiger partial charge in [-0.3, -0.25) is 0 Å². The number of aliphatic imine (C=N–C) groups is 1. The van der Waals surface area contributed by atoms with Crippen LogP contribution >= 0.6 is 24.0 Å². The number of benzene rings is 1. The van der Waals surface area contributed by atoms with Gasteiger partial charge >= 0.3 is 0 Å². The summed E-state index contributed by atoms with van der Waals surface area (Å²) in [6.07, 6.45) is 7.65. The second-order valence-electron chi connectivity index (χ2n) is 8.02. The highest BCUT2D eigenvalue weighted by molar-refractivity contribution is 14.0. The van der Waals surface area contributed by atoms with Crippen LogP contribution in [0.5, 0.6) is 5.75 Å². The maximum absolute atomic E-state index is 5.43. The molecule has 0 bridgehead atoms. The zero-order valence-electron chi connectivity index (χ0n) is 20.0. The molecule has 0 aliphatic carbocycles. The number of hydrogen-bond donors (Lipinski definition) is 2. The molecule has 0 fully saturated rings. The van der Waals surface area contributed by atoms with Gasteiger partial charge in [0.2, 0.25) is 0 Å². The summed E-state index contributed by atoms with van der Waals surface area (Å²) in [5.41, 5.74) is 1.15. The summed E-state index contributed by atoms with van der Waals surface area (Å²) in [4.78, 5) is 4.76. The highest BCUT2D eigenvalue weighted by Gasteiger charge is 2.14. The second kappa shape index (κ2) is 15.9. The van der Waals surface area contributed by atoms with Crippen LogP contribution < -0.4 is 15.4 Å². The first-order valence-corrected chi connectivity index (χ1v) is 11.9. The summed E-state index contributed by atoms with van der Waals surface area (Å²) < 4.78 is 13.0. The van der Waals surface area contributed by atoms with Crippen molar-refractivity contribution in [1.82, 2.24) is 25.4 Å². The number of halogens is 1. The molecule has 1 aromatic heterocycles. The van der Waals surface area contributed by atoms with Crippen LogP contribution in [0.4, 0.5) is 0 Å². The summed E-state index contributed by atoms with van der Waals surface area (Å²) in [5.74, 6) is 3.96. The molecule has 0 radical (unpaired) electrons. The molecule has 3 rings (SSSR count). The van der Waals surface area contributed by atoms with Crippen molar-refractivity contribution in [2.24, 2.45) is 4.99 Å². The van der Waals surface area contributed by atoms with E-state index in [1.807, 2.05) is 31.2 Å². The van der Waals surface area contributed by atoms with Gasteiger partial charge in [0.05, 0.1) is 13.7 Å². The third kappa shape index (κ3) is 9.48. The van der Waals surface area contributed by atoms with Crippen molar-refractivity contribution in [1.29, 1.82) is 0 Å². The molecule has 0 amide bonds. The first-order valence-electron chi connectivity index (χ1n) is 11.9. The molecule has 9 heteroatoms. The topological polar surface area (TPSA) is 85.6 Å². The van der Waals surface area contributed by atoms with E-state index in [2.05, 4.69) is 25.4 Å². The smallest absolute Gasteiger partial charge is 0.191 e. The lowest BCUT2D eigenvalue weighted by Crippen LogP contribution is -2.38.